The minimum Gasteiger partial charge on any atom is -0.393 e. The lowest BCUT2D eigenvalue weighted by atomic mass is 9.44. The van der Waals surface area contributed by atoms with Gasteiger partial charge in [0.2, 0.25) is 0 Å². The number of aliphatic hydroxyl groups excluding tert-OH is 2. The van der Waals surface area contributed by atoms with E-state index in [9.17, 15) is 10.2 Å². The monoisotopic (exact) mass is 444 g/mol. The van der Waals surface area contributed by atoms with Gasteiger partial charge in [0.25, 0.3) is 0 Å². The second-order valence-corrected chi connectivity index (χ2v) is 12.8. The minimum atomic E-state index is -0.817. The van der Waals surface area contributed by atoms with Gasteiger partial charge in [-0.05, 0) is 79.1 Å². The van der Waals surface area contributed by atoms with Crippen LogP contribution in [0.2, 0.25) is 0 Å². The highest BCUT2D eigenvalue weighted by Crippen LogP contribution is 2.73. The van der Waals surface area contributed by atoms with Gasteiger partial charge in [-0.2, -0.15) is 0 Å². The summed E-state index contributed by atoms with van der Waals surface area (Å²) in [6, 6.07) is 0. The molecule has 4 fully saturated rings. The van der Waals surface area contributed by atoms with E-state index in [2.05, 4.69) is 59.8 Å². The Morgan fingerprint density at radius 2 is 1.72 bits per heavy atom. The molecule has 1 heterocycles. The van der Waals surface area contributed by atoms with Gasteiger partial charge in [0.05, 0.1) is 6.10 Å². The zero-order valence-corrected chi connectivity index (χ0v) is 20.9. The molecule has 2 bridgehead atoms. The van der Waals surface area contributed by atoms with Gasteiger partial charge in [-0.15, -0.1) is 0 Å². The van der Waals surface area contributed by atoms with Crippen LogP contribution < -0.4 is 0 Å². The lowest BCUT2D eigenvalue weighted by Crippen LogP contribution is -2.67. The van der Waals surface area contributed by atoms with E-state index < -0.39 is 23.4 Å². The number of rotatable bonds is 4. The Bertz CT molecular complexity index is 818. The maximum atomic E-state index is 11.4. The van der Waals surface area contributed by atoms with E-state index in [1.165, 1.54) is 12.0 Å². The Morgan fingerprint density at radius 1 is 0.969 bits per heavy atom. The van der Waals surface area contributed by atoms with Crippen molar-refractivity contribution >= 4 is 0 Å². The van der Waals surface area contributed by atoms with Crippen molar-refractivity contribution in [1.82, 2.24) is 0 Å². The Labute approximate surface area is 194 Å². The second-order valence-electron chi connectivity index (χ2n) is 12.8. The van der Waals surface area contributed by atoms with Crippen molar-refractivity contribution in [3.8, 4) is 0 Å². The Balaban J connectivity index is 1.47. The Kier molecular flexibility index (Phi) is 5.34. The van der Waals surface area contributed by atoms with Crippen LogP contribution in [-0.4, -0.2) is 33.6 Å². The molecular weight excluding hydrogens is 400 g/mol. The van der Waals surface area contributed by atoms with Crippen molar-refractivity contribution < 1.29 is 20.0 Å². The molecule has 180 valence electrons. The van der Waals surface area contributed by atoms with E-state index in [1.54, 1.807) is 0 Å². The SMILES string of the molecule is CC(C)C(C)C=CC(C)C1CCC2C3=CC(O)C45CC(O)CCC4(C)C3(CCC21C)OO5. The lowest BCUT2D eigenvalue weighted by molar-refractivity contribution is -0.357. The van der Waals surface area contributed by atoms with E-state index in [0.717, 1.165) is 32.1 Å². The zero-order valence-electron chi connectivity index (χ0n) is 20.9. The first-order valence-corrected chi connectivity index (χ1v) is 13.1. The first kappa shape index (κ1) is 23.1. The molecule has 5 aliphatic rings. The van der Waals surface area contributed by atoms with Crippen molar-refractivity contribution in [3.05, 3.63) is 23.8 Å². The van der Waals surface area contributed by atoms with Gasteiger partial charge in [0.1, 0.15) is 17.3 Å². The van der Waals surface area contributed by atoms with Gasteiger partial charge >= 0.3 is 0 Å². The maximum absolute atomic E-state index is 11.4. The van der Waals surface area contributed by atoms with Crippen LogP contribution in [0.1, 0.15) is 86.5 Å². The molecule has 1 saturated heterocycles. The molecule has 0 amide bonds. The van der Waals surface area contributed by atoms with Gasteiger partial charge in [-0.1, -0.05) is 59.8 Å². The standard InChI is InChI=1S/C28H44O4/c1-17(2)18(3)7-8-19(4)21-9-10-22-23-15-24(30)28-16-20(29)11-12-26(28,6)27(23,31-32-28)14-13-25(21,22)5/h7-8,15,17-22,24,29-30H,9-14,16H2,1-6H3. The van der Waals surface area contributed by atoms with Gasteiger partial charge < -0.3 is 10.2 Å². The highest BCUT2D eigenvalue weighted by Gasteiger charge is 2.78. The Morgan fingerprint density at radius 3 is 2.44 bits per heavy atom. The number of hydrogen-bond donors (Lipinski definition) is 2. The fourth-order valence-electron chi connectivity index (χ4n) is 8.56. The summed E-state index contributed by atoms with van der Waals surface area (Å²) in [7, 11) is 0. The Hall–Kier alpha value is -0.680. The predicted octanol–water partition coefficient (Wildman–Crippen LogP) is 5.59. The number of allylic oxidation sites excluding steroid dienone is 2. The molecule has 0 aromatic carbocycles. The quantitative estimate of drug-likeness (QED) is 0.438. The fourth-order valence-corrected chi connectivity index (χ4v) is 8.56. The van der Waals surface area contributed by atoms with Crippen LogP contribution in [0, 0.1) is 40.4 Å². The summed E-state index contributed by atoms with van der Waals surface area (Å²) in [6.45, 7) is 14.1. The van der Waals surface area contributed by atoms with Crippen molar-refractivity contribution in [1.29, 1.82) is 0 Å². The lowest BCUT2D eigenvalue weighted by Gasteiger charge is -2.60. The maximum Gasteiger partial charge on any atom is 0.144 e. The van der Waals surface area contributed by atoms with Crippen molar-refractivity contribution in [2.45, 2.75) is 110 Å². The third-order valence-electron chi connectivity index (χ3n) is 11.2. The molecule has 0 aromatic heterocycles. The molecule has 2 N–H and O–H groups in total. The van der Waals surface area contributed by atoms with E-state index >= 15 is 0 Å². The molecular formula is C28H44O4. The van der Waals surface area contributed by atoms with Gasteiger partial charge in [-0.3, -0.25) is 0 Å². The summed E-state index contributed by atoms with van der Waals surface area (Å²) < 4.78 is 0. The molecule has 32 heavy (non-hydrogen) atoms. The largest absolute Gasteiger partial charge is 0.393 e. The molecule has 4 aliphatic carbocycles. The first-order valence-electron chi connectivity index (χ1n) is 13.1. The van der Waals surface area contributed by atoms with Crippen LogP contribution >= 0.6 is 0 Å². The summed E-state index contributed by atoms with van der Waals surface area (Å²) in [5, 5.41) is 21.8. The van der Waals surface area contributed by atoms with Crippen LogP contribution in [0.25, 0.3) is 0 Å². The molecule has 1 aliphatic heterocycles. The van der Waals surface area contributed by atoms with E-state index in [-0.39, 0.29) is 10.8 Å². The smallest absolute Gasteiger partial charge is 0.144 e. The third-order valence-corrected chi connectivity index (χ3v) is 11.2. The highest BCUT2D eigenvalue weighted by molar-refractivity contribution is 5.42. The van der Waals surface area contributed by atoms with Gasteiger partial charge in [0, 0.05) is 11.8 Å². The van der Waals surface area contributed by atoms with Crippen LogP contribution in [0.4, 0.5) is 0 Å². The normalized spacial score (nSPS) is 51.8. The third kappa shape index (κ3) is 2.76. The van der Waals surface area contributed by atoms with Crippen molar-refractivity contribution in [2.75, 3.05) is 0 Å². The number of fused-ring (bicyclic) bond motifs is 2. The second kappa shape index (κ2) is 7.41. The van der Waals surface area contributed by atoms with E-state index in [1.807, 2.05) is 0 Å². The van der Waals surface area contributed by atoms with Crippen molar-refractivity contribution in [2.24, 2.45) is 40.4 Å². The highest BCUT2D eigenvalue weighted by atomic mass is 17.2. The van der Waals surface area contributed by atoms with Crippen LogP contribution in [0.5, 0.6) is 0 Å². The van der Waals surface area contributed by atoms with E-state index in [4.69, 9.17) is 9.78 Å². The molecule has 4 heteroatoms. The minimum absolute atomic E-state index is 0.220. The molecule has 5 rings (SSSR count). The molecule has 3 saturated carbocycles. The molecule has 1 spiro atoms. The summed E-state index contributed by atoms with van der Waals surface area (Å²) in [5.74, 6) is 2.90. The van der Waals surface area contributed by atoms with Crippen LogP contribution in [0.3, 0.4) is 0 Å². The van der Waals surface area contributed by atoms with E-state index in [0.29, 0.717) is 36.0 Å². The summed E-state index contributed by atoms with van der Waals surface area (Å²) in [5.41, 5.74) is -0.0297. The average Bonchev–Trinajstić information content (AvgIpc) is 3.18. The fraction of sp³-hybridized carbons (Fsp3) is 0.857. The molecule has 0 aromatic rings. The predicted molar refractivity (Wildman–Crippen MR) is 126 cm³/mol. The zero-order chi connectivity index (χ0) is 23.1. The summed E-state index contributed by atoms with van der Waals surface area (Å²) >= 11 is 0. The number of hydrogen-bond acceptors (Lipinski definition) is 4. The average molecular weight is 445 g/mol. The van der Waals surface area contributed by atoms with Gasteiger partial charge in [-0.25, -0.2) is 9.78 Å². The van der Waals surface area contributed by atoms with Gasteiger partial charge in [0.15, 0.2) is 0 Å². The first-order chi connectivity index (χ1) is 15.0. The molecule has 10 unspecified atom stereocenters. The summed E-state index contributed by atoms with van der Waals surface area (Å²) in [4.78, 5) is 12.4. The van der Waals surface area contributed by atoms with Crippen LogP contribution in [0.15, 0.2) is 23.8 Å². The molecule has 4 nitrogen and oxygen atoms in total. The molecule has 0 radical (unpaired) electrons. The topological polar surface area (TPSA) is 58.9 Å². The summed E-state index contributed by atoms with van der Waals surface area (Å²) in [6.07, 6.45) is 12.4. The van der Waals surface area contributed by atoms with Crippen molar-refractivity contribution in [3.63, 3.8) is 0 Å². The number of aliphatic hydroxyl groups is 2. The molecule has 10 atom stereocenters. The van der Waals surface area contributed by atoms with Crippen LogP contribution in [-0.2, 0) is 9.78 Å².